The van der Waals surface area contributed by atoms with E-state index in [1.807, 2.05) is 39.0 Å². The highest BCUT2D eigenvalue weighted by Gasteiger charge is 2.17. The number of hydrogen-bond donors (Lipinski definition) is 1. The first kappa shape index (κ1) is 15.0. The lowest BCUT2D eigenvalue weighted by atomic mass is 10.1. The third-order valence-electron chi connectivity index (χ3n) is 2.76. The lowest BCUT2D eigenvalue weighted by Crippen LogP contribution is -2.24. The van der Waals surface area contributed by atoms with Crippen LogP contribution in [0.5, 0.6) is 0 Å². The van der Waals surface area contributed by atoms with Crippen LogP contribution in [0.25, 0.3) is 10.9 Å². The topological polar surface area (TPSA) is 81.3 Å². The molecule has 1 aromatic heterocycles. The number of rotatable bonds is 5. The summed E-state index contributed by atoms with van der Waals surface area (Å²) in [5, 5.41) is 7.76. The monoisotopic (exact) mass is 290 g/mol. The van der Waals surface area contributed by atoms with Crippen molar-refractivity contribution in [2.75, 3.05) is 0 Å². The molecular formula is C15H18N2O4. The molecule has 1 N–H and O–H groups in total. The van der Waals surface area contributed by atoms with Gasteiger partial charge in [-0.05, 0) is 38.5 Å². The number of aromatic nitrogens is 2. The summed E-state index contributed by atoms with van der Waals surface area (Å²) in [4.78, 5) is 22.1. The predicted octanol–water partition coefficient (Wildman–Crippen LogP) is 2.12. The summed E-state index contributed by atoms with van der Waals surface area (Å²) in [5.41, 5.74) is 1.78. The number of fused-ring (bicyclic) bond motifs is 1. The van der Waals surface area contributed by atoms with Gasteiger partial charge >= 0.3 is 5.97 Å². The van der Waals surface area contributed by atoms with Crippen LogP contribution in [0.15, 0.2) is 18.2 Å². The SMILES string of the molecule is CC(C)(C)OC(=O)Cc1ccc2n[nH]c(COC=O)c2c1. The first-order valence-electron chi connectivity index (χ1n) is 6.62. The molecule has 2 rings (SSSR count). The summed E-state index contributed by atoms with van der Waals surface area (Å²) in [6.07, 6.45) is 0.187. The van der Waals surface area contributed by atoms with Crippen LogP contribution in [0.4, 0.5) is 0 Å². The molecule has 2 aromatic rings. The minimum absolute atomic E-state index is 0.121. The van der Waals surface area contributed by atoms with Gasteiger partial charge in [0.05, 0.1) is 17.6 Å². The molecule has 1 aromatic carbocycles. The molecule has 21 heavy (non-hydrogen) atoms. The summed E-state index contributed by atoms with van der Waals surface area (Å²) in [6.45, 7) is 6.00. The highest BCUT2D eigenvalue weighted by atomic mass is 16.6. The molecule has 6 heteroatoms. The summed E-state index contributed by atoms with van der Waals surface area (Å²) >= 11 is 0. The van der Waals surface area contributed by atoms with Gasteiger partial charge in [0.2, 0.25) is 0 Å². The number of carbonyl (C=O) groups excluding carboxylic acids is 2. The van der Waals surface area contributed by atoms with Crippen LogP contribution in [0.3, 0.4) is 0 Å². The van der Waals surface area contributed by atoms with E-state index in [4.69, 9.17) is 9.47 Å². The van der Waals surface area contributed by atoms with Gasteiger partial charge in [0.1, 0.15) is 12.2 Å². The van der Waals surface area contributed by atoms with Crippen molar-refractivity contribution in [2.24, 2.45) is 0 Å². The molecule has 0 spiro atoms. The predicted molar refractivity (Wildman–Crippen MR) is 76.5 cm³/mol. The van der Waals surface area contributed by atoms with Crippen LogP contribution in [0, 0.1) is 0 Å². The number of esters is 1. The Kier molecular flexibility index (Phi) is 4.26. The van der Waals surface area contributed by atoms with E-state index in [1.165, 1.54) is 0 Å². The average Bonchev–Trinajstić information content (AvgIpc) is 2.76. The second kappa shape index (κ2) is 5.95. The van der Waals surface area contributed by atoms with E-state index in [0.29, 0.717) is 12.2 Å². The number of benzene rings is 1. The van der Waals surface area contributed by atoms with Crippen molar-refractivity contribution in [3.63, 3.8) is 0 Å². The van der Waals surface area contributed by atoms with Crippen molar-refractivity contribution in [3.05, 3.63) is 29.5 Å². The lowest BCUT2D eigenvalue weighted by molar-refractivity contribution is -0.153. The van der Waals surface area contributed by atoms with Crippen molar-refractivity contribution in [2.45, 2.75) is 39.4 Å². The number of ether oxygens (including phenoxy) is 2. The van der Waals surface area contributed by atoms with E-state index >= 15 is 0 Å². The second-order valence-electron chi connectivity index (χ2n) is 5.72. The Bertz CT molecular complexity index is 655. The van der Waals surface area contributed by atoms with Crippen LogP contribution >= 0.6 is 0 Å². The fourth-order valence-electron chi connectivity index (χ4n) is 1.99. The van der Waals surface area contributed by atoms with Gasteiger partial charge in [-0.2, -0.15) is 5.10 Å². The molecule has 1 heterocycles. The Hall–Kier alpha value is -2.37. The molecule has 0 fully saturated rings. The van der Waals surface area contributed by atoms with Gasteiger partial charge in [-0.15, -0.1) is 0 Å². The molecule has 0 unspecified atom stereocenters. The van der Waals surface area contributed by atoms with E-state index in [0.717, 1.165) is 16.5 Å². The maximum Gasteiger partial charge on any atom is 0.310 e. The molecular weight excluding hydrogens is 272 g/mol. The normalized spacial score (nSPS) is 11.4. The third kappa shape index (κ3) is 4.05. The van der Waals surface area contributed by atoms with Gasteiger partial charge < -0.3 is 9.47 Å². The number of hydrogen-bond acceptors (Lipinski definition) is 5. The molecule has 0 aliphatic heterocycles. The average molecular weight is 290 g/mol. The van der Waals surface area contributed by atoms with E-state index in [9.17, 15) is 9.59 Å². The van der Waals surface area contributed by atoms with Crippen LogP contribution in [0.1, 0.15) is 32.0 Å². The Labute approximate surface area is 122 Å². The van der Waals surface area contributed by atoms with E-state index in [1.54, 1.807) is 0 Å². The maximum atomic E-state index is 11.8. The number of H-pyrrole nitrogens is 1. The van der Waals surface area contributed by atoms with Gasteiger partial charge in [0, 0.05) is 5.39 Å². The molecule has 0 amide bonds. The van der Waals surface area contributed by atoms with Gasteiger partial charge in [-0.3, -0.25) is 14.7 Å². The van der Waals surface area contributed by atoms with E-state index in [2.05, 4.69) is 10.2 Å². The molecule has 0 radical (unpaired) electrons. The third-order valence-corrected chi connectivity index (χ3v) is 2.76. The first-order chi connectivity index (χ1) is 9.89. The molecule has 0 saturated carbocycles. The Morgan fingerprint density at radius 3 is 2.81 bits per heavy atom. The molecule has 0 saturated heterocycles. The summed E-state index contributed by atoms with van der Waals surface area (Å²) in [5.74, 6) is -0.281. The standard InChI is InChI=1S/C15H18N2O4/c1-15(2,3)21-14(19)7-10-4-5-12-11(6-10)13(17-16-12)8-20-9-18/h4-6,9H,7-8H2,1-3H3,(H,16,17). The zero-order chi connectivity index (χ0) is 15.5. The summed E-state index contributed by atoms with van der Waals surface area (Å²) in [6, 6.07) is 5.50. The second-order valence-corrected chi connectivity index (χ2v) is 5.72. The smallest absolute Gasteiger partial charge is 0.310 e. The summed E-state index contributed by atoms with van der Waals surface area (Å²) in [7, 11) is 0. The molecule has 112 valence electrons. The van der Waals surface area contributed by atoms with Crippen molar-refractivity contribution in [1.82, 2.24) is 10.2 Å². The highest BCUT2D eigenvalue weighted by Crippen LogP contribution is 2.19. The van der Waals surface area contributed by atoms with Crippen molar-refractivity contribution >= 4 is 23.3 Å². The number of nitrogens with one attached hydrogen (secondary N) is 1. The van der Waals surface area contributed by atoms with Crippen LogP contribution in [-0.2, 0) is 32.1 Å². The summed E-state index contributed by atoms with van der Waals surface area (Å²) < 4.78 is 10.0. The van der Waals surface area contributed by atoms with Crippen molar-refractivity contribution in [1.29, 1.82) is 0 Å². The number of nitrogens with zero attached hydrogens (tertiary/aromatic N) is 1. The fourth-order valence-corrected chi connectivity index (χ4v) is 1.99. The van der Waals surface area contributed by atoms with Crippen LogP contribution in [0.2, 0.25) is 0 Å². The molecule has 0 atom stereocenters. The molecule has 6 nitrogen and oxygen atoms in total. The molecule has 0 aliphatic carbocycles. The Balaban J connectivity index is 2.17. The van der Waals surface area contributed by atoms with Gasteiger partial charge in [0.25, 0.3) is 6.47 Å². The highest BCUT2D eigenvalue weighted by molar-refractivity contribution is 5.83. The Morgan fingerprint density at radius 2 is 2.14 bits per heavy atom. The fraction of sp³-hybridized carbons (Fsp3) is 0.400. The lowest BCUT2D eigenvalue weighted by Gasteiger charge is -2.19. The first-order valence-corrected chi connectivity index (χ1v) is 6.62. The largest absolute Gasteiger partial charge is 0.461 e. The number of aromatic amines is 1. The molecule has 0 bridgehead atoms. The van der Waals surface area contributed by atoms with Gasteiger partial charge in [0.15, 0.2) is 0 Å². The van der Waals surface area contributed by atoms with E-state index in [-0.39, 0.29) is 19.0 Å². The van der Waals surface area contributed by atoms with E-state index < -0.39 is 5.60 Å². The van der Waals surface area contributed by atoms with Crippen LogP contribution in [-0.4, -0.2) is 28.2 Å². The maximum absolute atomic E-state index is 11.8. The van der Waals surface area contributed by atoms with Gasteiger partial charge in [-0.25, -0.2) is 0 Å². The van der Waals surface area contributed by atoms with Crippen LogP contribution < -0.4 is 0 Å². The minimum atomic E-state index is -0.500. The minimum Gasteiger partial charge on any atom is -0.461 e. The van der Waals surface area contributed by atoms with Gasteiger partial charge in [-0.1, -0.05) is 6.07 Å². The number of carbonyl (C=O) groups is 2. The van der Waals surface area contributed by atoms with Crippen molar-refractivity contribution < 1.29 is 19.1 Å². The zero-order valence-electron chi connectivity index (χ0n) is 12.3. The zero-order valence-corrected chi connectivity index (χ0v) is 12.3. The Morgan fingerprint density at radius 1 is 1.38 bits per heavy atom. The van der Waals surface area contributed by atoms with Crippen molar-refractivity contribution in [3.8, 4) is 0 Å². The quantitative estimate of drug-likeness (QED) is 0.674. The molecule has 0 aliphatic rings.